The fourth-order valence-corrected chi connectivity index (χ4v) is 5.25. The standard InChI is InChI=1S/C28H29BrN2O2/c1-21-17-23(11-12-26(21)29)27(32)31-15-13-28(14-16-31)19-30(20-33-28)18-24-9-5-6-10-25(24)22-7-3-2-4-8-22/h2-12,17H,13-16,18-20H2,1H3. The molecule has 2 aliphatic rings. The first-order chi connectivity index (χ1) is 16.0. The number of nitrogens with zero attached hydrogens (tertiary/aromatic N) is 2. The summed E-state index contributed by atoms with van der Waals surface area (Å²) in [6, 6.07) is 25.0. The summed E-state index contributed by atoms with van der Waals surface area (Å²) < 4.78 is 7.39. The number of aryl methyl sites for hydroxylation is 1. The van der Waals surface area contributed by atoms with E-state index in [4.69, 9.17) is 4.74 Å². The second-order valence-corrected chi connectivity index (χ2v) is 10.1. The smallest absolute Gasteiger partial charge is 0.253 e. The van der Waals surface area contributed by atoms with Gasteiger partial charge in [0.1, 0.15) is 6.73 Å². The molecule has 1 amide bonds. The Morgan fingerprint density at radius 2 is 1.73 bits per heavy atom. The highest BCUT2D eigenvalue weighted by Crippen LogP contribution is 2.34. The molecule has 0 atom stereocenters. The molecule has 5 heteroatoms. The van der Waals surface area contributed by atoms with E-state index >= 15 is 0 Å². The van der Waals surface area contributed by atoms with Crippen LogP contribution in [0.15, 0.2) is 77.3 Å². The van der Waals surface area contributed by atoms with E-state index in [1.807, 2.05) is 30.0 Å². The van der Waals surface area contributed by atoms with Crippen molar-refractivity contribution in [2.24, 2.45) is 0 Å². The topological polar surface area (TPSA) is 32.8 Å². The Morgan fingerprint density at radius 3 is 2.48 bits per heavy atom. The van der Waals surface area contributed by atoms with E-state index in [0.29, 0.717) is 6.73 Å². The molecule has 5 rings (SSSR count). The molecule has 0 saturated carbocycles. The number of benzene rings is 3. The monoisotopic (exact) mass is 504 g/mol. The van der Waals surface area contributed by atoms with Crippen LogP contribution in [0.25, 0.3) is 11.1 Å². The zero-order valence-corrected chi connectivity index (χ0v) is 20.6. The molecular weight excluding hydrogens is 476 g/mol. The maximum absolute atomic E-state index is 13.0. The number of piperidine rings is 1. The summed E-state index contributed by atoms with van der Waals surface area (Å²) >= 11 is 3.52. The van der Waals surface area contributed by atoms with Gasteiger partial charge in [0.2, 0.25) is 0 Å². The normalized spacial score (nSPS) is 18.1. The van der Waals surface area contributed by atoms with Crippen LogP contribution in [0.4, 0.5) is 0 Å². The van der Waals surface area contributed by atoms with Crippen LogP contribution in [0, 0.1) is 6.92 Å². The number of hydrogen-bond donors (Lipinski definition) is 0. The Bertz CT molecular complexity index is 1140. The van der Waals surface area contributed by atoms with E-state index < -0.39 is 0 Å². The molecule has 2 fully saturated rings. The minimum atomic E-state index is -0.145. The Morgan fingerprint density at radius 1 is 1.00 bits per heavy atom. The van der Waals surface area contributed by atoms with Gasteiger partial charge in [0.25, 0.3) is 5.91 Å². The van der Waals surface area contributed by atoms with Gasteiger partial charge in [-0.1, -0.05) is 70.5 Å². The Labute approximate surface area is 204 Å². The van der Waals surface area contributed by atoms with Crippen molar-refractivity contribution >= 4 is 21.8 Å². The third-order valence-corrected chi connectivity index (χ3v) is 7.82. The number of amides is 1. The van der Waals surface area contributed by atoms with Crippen molar-refractivity contribution in [3.8, 4) is 11.1 Å². The maximum atomic E-state index is 13.0. The van der Waals surface area contributed by atoms with E-state index in [-0.39, 0.29) is 11.5 Å². The molecule has 0 aromatic heterocycles. The summed E-state index contributed by atoms with van der Waals surface area (Å²) in [4.78, 5) is 17.4. The summed E-state index contributed by atoms with van der Waals surface area (Å²) in [6.07, 6.45) is 1.76. The Hall–Kier alpha value is -2.47. The van der Waals surface area contributed by atoms with Crippen LogP contribution in [0.2, 0.25) is 0 Å². The molecule has 3 aromatic carbocycles. The molecule has 1 spiro atoms. The minimum absolute atomic E-state index is 0.118. The van der Waals surface area contributed by atoms with Crippen molar-refractivity contribution in [3.63, 3.8) is 0 Å². The van der Waals surface area contributed by atoms with Crippen molar-refractivity contribution in [2.75, 3.05) is 26.4 Å². The van der Waals surface area contributed by atoms with Gasteiger partial charge in [-0.3, -0.25) is 9.69 Å². The van der Waals surface area contributed by atoms with Crippen LogP contribution in [0.3, 0.4) is 0 Å². The van der Waals surface area contributed by atoms with E-state index in [0.717, 1.165) is 54.6 Å². The molecule has 0 radical (unpaired) electrons. The lowest BCUT2D eigenvalue weighted by Gasteiger charge is -2.38. The molecule has 0 aliphatic carbocycles. The lowest BCUT2D eigenvalue weighted by molar-refractivity contribution is -0.0352. The van der Waals surface area contributed by atoms with Crippen LogP contribution in [-0.2, 0) is 11.3 Å². The molecule has 0 bridgehead atoms. The van der Waals surface area contributed by atoms with E-state index in [1.165, 1.54) is 16.7 Å². The van der Waals surface area contributed by atoms with E-state index in [1.54, 1.807) is 0 Å². The van der Waals surface area contributed by atoms with Crippen LogP contribution in [0.1, 0.15) is 34.3 Å². The van der Waals surface area contributed by atoms with Crippen molar-refractivity contribution < 1.29 is 9.53 Å². The first-order valence-corrected chi connectivity index (χ1v) is 12.4. The highest BCUT2D eigenvalue weighted by molar-refractivity contribution is 9.10. The van der Waals surface area contributed by atoms with Gasteiger partial charge in [-0.15, -0.1) is 0 Å². The summed E-state index contributed by atoms with van der Waals surface area (Å²) in [7, 11) is 0. The fourth-order valence-electron chi connectivity index (χ4n) is 5.01. The van der Waals surface area contributed by atoms with Crippen molar-refractivity contribution in [2.45, 2.75) is 31.9 Å². The number of likely N-dealkylation sites (tertiary alicyclic amines) is 1. The zero-order chi connectivity index (χ0) is 22.8. The van der Waals surface area contributed by atoms with Crippen molar-refractivity contribution in [1.29, 1.82) is 0 Å². The van der Waals surface area contributed by atoms with Crippen molar-refractivity contribution in [3.05, 3.63) is 94.0 Å². The first kappa shape index (κ1) is 22.3. The highest BCUT2D eigenvalue weighted by atomic mass is 79.9. The van der Waals surface area contributed by atoms with Gasteiger partial charge in [0.05, 0.1) is 5.60 Å². The molecule has 170 valence electrons. The number of halogens is 1. The number of rotatable bonds is 4. The molecule has 0 unspecified atom stereocenters. The highest BCUT2D eigenvalue weighted by Gasteiger charge is 2.42. The summed E-state index contributed by atoms with van der Waals surface area (Å²) in [5.74, 6) is 0.118. The molecule has 2 heterocycles. The van der Waals surface area contributed by atoms with Gasteiger partial charge in [-0.05, 0) is 60.2 Å². The molecule has 4 nitrogen and oxygen atoms in total. The van der Waals surface area contributed by atoms with Gasteiger partial charge in [-0.25, -0.2) is 0 Å². The SMILES string of the molecule is Cc1cc(C(=O)N2CCC3(CC2)CN(Cc2ccccc2-c2ccccc2)CO3)ccc1Br. The third-order valence-electron chi connectivity index (χ3n) is 6.93. The van der Waals surface area contributed by atoms with Crippen LogP contribution in [0.5, 0.6) is 0 Å². The average molecular weight is 505 g/mol. The molecule has 33 heavy (non-hydrogen) atoms. The maximum Gasteiger partial charge on any atom is 0.253 e. The second kappa shape index (κ2) is 9.41. The first-order valence-electron chi connectivity index (χ1n) is 11.6. The van der Waals surface area contributed by atoms with Crippen molar-refractivity contribution in [1.82, 2.24) is 9.80 Å². The number of carbonyl (C=O) groups is 1. The quantitative estimate of drug-likeness (QED) is 0.444. The van der Waals surface area contributed by atoms with Gasteiger partial charge in [-0.2, -0.15) is 0 Å². The van der Waals surface area contributed by atoms with Crippen LogP contribution < -0.4 is 0 Å². The number of ether oxygens (including phenoxy) is 1. The number of hydrogen-bond acceptors (Lipinski definition) is 3. The number of carbonyl (C=O) groups excluding carboxylic acids is 1. The lowest BCUT2D eigenvalue weighted by atomic mass is 9.90. The van der Waals surface area contributed by atoms with Crippen LogP contribution in [-0.4, -0.2) is 47.7 Å². The summed E-state index contributed by atoms with van der Waals surface area (Å²) in [5.41, 5.74) is 5.55. The van der Waals surface area contributed by atoms with Gasteiger partial charge in [0, 0.05) is 36.2 Å². The molecular formula is C28H29BrN2O2. The lowest BCUT2D eigenvalue weighted by Crippen LogP contribution is -2.48. The van der Waals surface area contributed by atoms with E-state index in [9.17, 15) is 4.79 Å². The summed E-state index contributed by atoms with van der Waals surface area (Å²) in [6.45, 7) is 5.92. The Kier molecular flexibility index (Phi) is 6.37. The van der Waals surface area contributed by atoms with Gasteiger partial charge < -0.3 is 9.64 Å². The molecule has 2 aliphatic heterocycles. The van der Waals surface area contributed by atoms with E-state index in [2.05, 4.69) is 75.4 Å². The summed E-state index contributed by atoms with van der Waals surface area (Å²) in [5, 5.41) is 0. The van der Waals surface area contributed by atoms with Gasteiger partial charge in [0.15, 0.2) is 0 Å². The predicted octanol–water partition coefficient (Wildman–Crippen LogP) is 5.89. The average Bonchev–Trinajstić information content (AvgIpc) is 3.23. The molecule has 0 N–H and O–H groups in total. The largest absolute Gasteiger partial charge is 0.358 e. The second-order valence-electron chi connectivity index (χ2n) is 9.22. The fraction of sp³-hybridized carbons (Fsp3) is 0.321. The zero-order valence-electron chi connectivity index (χ0n) is 19.0. The minimum Gasteiger partial charge on any atom is -0.358 e. The van der Waals surface area contributed by atoms with Gasteiger partial charge >= 0.3 is 0 Å². The molecule has 2 saturated heterocycles. The third kappa shape index (κ3) is 4.77. The molecule has 3 aromatic rings. The Balaban J connectivity index is 1.22. The predicted molar refractivity (Wildman–Crippen MR) is 135 cm³/mol. The van der Waals surface area contributed by atoms with Crippen LogP contribution >= 0.6 is 15.9 Å².